The standard InChI is InChI=1S/C23H22F3N3O3/c24-16-4-2-15(3-5-16)20-21(27-17-6-7-18(25)19(26)14-17)23(31)29(22(20)30)9-1-8-28-10-12-32-13-11-28/h2-7,14,27H,1,8-13H2. The fourth-order valence-electron chi connectivity index (χ4n) is 3.77. The van der Waals surface area contributed by atoms with Crippen molar-refractivity contribution in [2.75, 3.05) is 44.7 Å². The summed E-state index contributed by atoms with van der Waals surface area (Å²) in [4.78, 5) is 29.6. The molecule has 2 aliphatic rings. The number of hydrogen-bond acceptors (Lipinski definition) is 5. The topological polar surface area (TPSA) is 61.9 Å². The van der Waals surface area contributed by atoms with Gasteiger partial charge in [-0.1, -0.05) is 12.1 Å². The van der Waals surface area contributed by atoms with E-state index >= 15 is 0 Å². The Balaban J connectivity index is 1.57. The summed E-state index contributed by atoms with van der Waals surface area (Å²) in [6.45, 7) is 3.80. The third-order valence-electron chi connectivity index (χ3n) is 5.45. The Labute approximate surface area is 183 Å². The van der Waals surface area contributed by atoms with Crippen LogP contribution in [0.5, 0.6) is 0 Å². The highest BCUT2D eigenvalue weighted by atomic mass is 19.2. The maximum atomic E-state index is 13.7. The van der Waals surface area contributed by atoms with Crippen LogP contribution in [0.2, 0.25) is 0 Å². The van der Waals surface area contributed by atoms with Crippen LogP contribution in [0.4, 0.5) is 18.9 Å². The Morgan fingerprint density at radius 2 is 1.59 bits per heavy atom. The van der Waals surface area contributed by atoms with Gasteiger partial charge in [0.2, 0.25) is 0 Å². The normalized spacial score (nSPS) is 17.4. The molecule has 2 amide bonds. The van der Waals surface area contributed by atoms with Crippen molar-refractivity contribution in [3.8, 4) is 0 Å². The first-order valence-corrected chi connectivity index (χ1v) is 10.3. The highest BCUT2D eigenvalue weighted by Crippen LogP contribution is 2.31. The van der Waals surface area contributed by atoms with E-state index in [2.05, 4.69) is 10.2 Å². The Kier molecular flexibility index (Phi) is 6.57. The molecule has 1 fully saturated rings. The lowest BCUT2D eigenvalue weighted by atomic mass is 10.0. The number of morpholine rings is 1. The molecule has 0 aliphatic carbocycles. The second-order valence-corrected chi connectivity index (χ2v) is 7.58. The first-order chi connectivity index (χ1) is 15.4. The number of amides is 2. The van der Waals surface area contributed by atoms with Crippen LogP contribution in [0.15, 0.2) is 48.2 Å². The van der Waals surface area contributed by atoms with Crippen LogP contribution in [0, 0.1) is 17.5 Å². The molecule has 1 saturated heterocycles. The average molecular weight is 445 g/mol. The summed E-state index contributed by atoms with van der Waals surface area (Å²) in [6.07, 6.45) is 0.576. The zero-order valence-electron chi connectivity index (χ0n) is 17.2. The summed E-state index contributed by atoms with van der Waals surface area (Å²) in [5, 5.41) is 2.76. The Hall–Kier alpha value is -3.17. The molecule has 2 aromatic rings. The first-order valence-electron chi connectivity index (χ1n) is 10.3. The van der Waals surface area contributed by atoms with Crippen molar-refractivity contribution in [3.05, 3.63) is 71.2 Å². The number of benzene rings is 2. The van der Waals surface area contributed by atoms with Gasteiger partial charge in [-0.2, -0.15) is 0 Å². The van der Waals surface area contributed by atoms with E-state index in [4.69, 9.17) is 4.74 Å². The van der Waals surface area contributed by atoms with Gasteiger partial charge >= 0.3 is 0 Å². The summed E-state index contributed by atoms with van der Waals surface area (Å²) >= 11 is 0. The molecule has 0 saturated carbocycles. The highest BCUT2D eigenvalue weighted by Gasteiger charge is 2.39. The van der Waals surface area contributed by atoms with E-state index in [1.807, 2.05) is 0 Å². The van der Waals surface area contributed by atoms with Crippen molar-refractivity contribution in [1.29, 1.82) is 0 Å². The van der Waals surface area contributed by atoms with Crippen molar-refractivity contribution >= 4 is 23.1 Å². The van der Waals surface area contributed by atoms with Gasteiger partial charge in [-0.3, -0.25) is 19.4 Å². The van der Waals surface area contributed by atoms with E-state index < -0.39 is 29.3 Å². The van der Waals surface area contributed by atoms with Gasteiger partial charge < -0.3 is 10.1 Å². The molecule has 9 heteroatoms. The van der Waals surface area contributed by atoms with Crippen molar-refractivity contribution < 1.29 is 27.5 Å². The lowest BCUT2D eigenvalue weighted by molar-refractivity contribution is -0.136. The zero-order valence-corrected chi connectivity index (χ0v) is 17.2. The third kappa shape index (κ3) is 4.68. The average Bonchev–Trinajstić information content (AvgIpc) is 3.02. The van der Waals surface area contributed by atoms with Crippen LogP contribution in [-0.2, 0) is 14.3 Å². The molecule has 0 atom stereocenters. The van der Waals surface area contributed by atoms with Gasteiger partial charge in [0.05, 0.1) is 18.8 Å². The fraction of sp³-hybridized carbons (Fsp3) is 0.304. The first kappa shape index (κ1) is 22.0. The second-order valence-electron chi connectivity index (χ2n) is 7.58. The smallest absolute Gasteiger partial charge is 0.278 e. The van der Waals surface area contributed by atoms with Crippen LogP contribution in [0.1, 0.15) is 12.0 Å². The fourth-order valence-corrected chi connectivity index (χ4v) is 3.77. The SMILES string of the molecule is O=C1C(Nc2ccc(F)c(F)c2)=C(c2ccc(F)cc2)C(=O)N1CCCN1CCOCC1. The quantitative estimate of drug-likeness (QED) is 0.664. The maximum absolute atomic E-state index is 13.7. The number of rotatable bonds is 7. The maximum Gasteiger partial charge on any atom is 0.278 e. The predicted molar refractivity (Wildman–Crippen MR) is 112 cm³/mol. The van der Waals surface area contributed by atoms with Gasteiger partial charge in [0.25, 0.3) is 11.8 Å². The number of ether oxygens (including phenoxy) is 1. The Bertz CT molecular complexity index is 1050. The Morgan fingerprint density at radius 3 is 2.28 bits per heavy atom. The molecule has 2 aromatic carbocycles. The van der Waals surface area contributed by atoms with Crippen molar-refractivity contribution in [1.82, 2.24) is 9.80 Å². The number of halogens is 3. The van der Waals surface area contributed by atoms with Gasteiger partial charge in [-0.05, 0) is 36.2 Å². The van der Waals surface area contributed by atoms with E-state index in [1.165, 1.54) is 30.3 Å². The predicted octanol–water partition coefficient (Wildman–Crippen LogP) is 3.02. The molecule has 0 radical (unpaired) electrons. The van der Waals surface area contributed by atoms with E-state index in [0.717, 1.165) is 30.1 Å². The molecule has 32 heavy (non-hydrogen) atoms. The molecule has 1 N–H and O–H groups in total. The van der Waals surface area contributed by atoms with Gasteiger partial charge in [0.15, 0.2) is 11.6 Å². The molecule has 6 nitrogen and oxygen atoms in total. The monoisotopic (exact) mass is 445 g/mol. The number of nitrogens with one attached hydrogen (secondary N) is 1. The van der Waals surface area contributed by atoms with Crippen molar-refractivity contribution in [2.45, 2.75) is 6.42 Å². The van der Waals surface area contributed by atoms with E-state index in [0.29, 0.717) is 31.7 Å². The van der Waals surface area contributed by atoms with E-state index in [-0.39, 0.29) is 23.5 Å². The number of nitrogens with zero attached hydrogens (tertiary/aromatic N) is 2. The minimum absolute atomic E-state index is 0.0565. The summed E-state index contributed by atoms with van der Waals surface area (Å²) in [5.41, 5.74) is 0.477. The van der Waals surface area contributed by atoms with Gasteiger partial charge in [0.1, 0.15) is 11.5 Å². The molecule has 4 rings (SSSR count). The molecule has 0 unspecified atom stereocenters. The lowest BCUT2D eigenvalue weighted by Crippen LogP contribution is -2.39. The molecule has 0 bridgehead atoms. The number of imide groups is 1. The minimum atomic E-state index is -1.09. The van der Waals surface area contributed by atoms with E-state index in [1.54, 1.807) is 0 Å². The minimum Gasteiger partial charge on any atom is -0.379 e. The molecule has 168 valence electrons. The van der Waals surface area contributed by atoms with Crippen LogP contribution in [0.3, 0.4) is 0 Å². The van der Waals surface area contributed by atoms with Crippen LogP contribution < -0.4 is 5.32 Å². The number of anilines is 1. The lowest BCUT2D eigenvalue weighted by Gasteiger charge is -2.27. The molecular formula is C23H22F3N3O3. The second kappa shape index (κ2) is 9.54. The molecule has 0 spiro atoms. The zero-order chi connectivity index (χ0) is 22.7. The molecule has 2 heterocycles. The highest BCUT2D eigenvalue weighted by molar-refractivity contribution is 6.36. The van der Waals surface area contributed by atoms with Crippen LogP contribution >= 0.6 is 0 Å². The summed E-state index contributed by atoms with van der Waals surface area (Å²) in [6, 6.07) is 8.29. The largest absolute Gasteiger partial charge is 0.379 e. The van der Waals surface area contributed by atoms with Gasteiger partial charge in [-0.15, -0.1) is 0 Å². The summed E-state index contributed by atoms with van der Waals surface area (Å²) in [5.74, 6) is -3.68. The van der Waals surface area contributed by atoms with Gasteiger partial charge in [0, 0.05) is 37.9 Å². The van der Waals surface area contributed by atoms with Crippen LogP contribution in [-0.4, -0.2) is 61.0 Å². The number of carbonyl (C=O) groups is 2. The van der Waals surface area contributed by atoms with E-state index in [9.17, 15) is 22.8 Å². The van der Waals surface area contributed by atoms with Crippen molar-refractivity contribution in [2.24, 2.45) is 0 Å². The molecule has 0 aromatic heterocycles. The molecular weight excluding hydrogens is 423 g/mol. The van der Waals surface area contributed by atoms with Crippen LogP contribution in [0.25, 0.3) is 5.57 Å². The third-order valence-corrected chi connectivity index (χ3v) is 5.45. The summed E-state index contributed by atoms with van der Waals surface area (Å²) < 4.78 is 45.7. The summed E-state index contributed by atoms with van der Waals surface area (Å²) in [7, 11) is 0. The van der Waals surface area contributed by atoms with Crippen molar-refractivity contribution in [3.63, 3.8) is 0 Å². The Morgan fingerprint density at radius 1 is 0.875 bits per heavy atom. The van der Waals surface area contributed by atoms with Gasteiger partial charge in [-0.25, -0.2) is 13.2 Å². The molecule has 2 aliphatic heterocycles. The number of carbonyl (C=O) groups excluding carboxylic acids is 2. The number of hydrogen-bond donors (Lipinski definition) is 1.